The molecule has 1 aromatic carbocycles. The molecule has 40 heavy (non-hydrogen) atoms. The molecule has 0 spiro atoms. The summed E-state index contributed by atoms with van der Waals surface area (Å²) >= 11 is 0. The van der Waals surface area contributed by atoms with Crippen molar-refractivity contribution in [1.29, 1.82) is 0 Å². The molecule has 0 radical (unpaired) electrons. The van der Waals surface area contributed by atoms with Gasteiger partial charge in [0, 0.05) is 18.0 Å². The number of alkyl halides is 3. The molecule has 2 aliphatic carbocycles. The van der Waals surface area contributed by atoms with Gasteiger partial charge in [0.15, 0.2) is 11.9 Å². The Kier molecular flexibility index (Phi) is 7.95. The fraction of sp³-hybridized carbons (Fsp3) is 0.429. The Bertz CT molecular complexity index is 1310. The van der Waals surface area contributed by atoms with Gasteiger partial charge in [-0.15, -0.1) is 0 Å². The number of alkyl carbamates (subject to hydrolysis) is 1. The summed E-state index contributed by atoms with van der Waals surface area (Å²) in [7, 11) is 1.24. The van der Waals surface area contributed by atoms with E-state index in [0.29, 0.717) is 11.8 Å². The van der Waals surface area contributed by atoms with Crippen molar-refractivity contribution < 1.29 is 32.2 Å². The highest BCUT2D eigenvalue weighted by atomic mass is 19.4. The number of aromatic nitrogens is 3. The number of hydrogen-bond acceptors (Lipinski definition) is 6. The number of carbonyl (C=O) groups is 2. The number of ether oxygens (including phenoxy) is 2. The number of anilines is 1. The van der Waals surface area contributed by atoms with Crippen LogP contribution in [0.15, 0.2) is 61.2 Å². The maximum Gasteiger partial charge on any atom is 0.413 e. The number of amides is 2. The van der Waals surface area contributed by atoms with Crippen molar-refractivity contribution in [3.63, 3.8) is 0 Å². The van der Waals surface area contributed by atoms with E-state index in [2.05, 4.69) is 20.6 Å². The molecule has 9 nitrogen and oxygen atoms in total. The van der Waals surface area contributed by atoms with E-state index in [1.807, 2.05) is 30.3 Å². The van der Waals surface area contributed by atoms with Gasteiger partial charge in [0.05, 0.1) is 13.4 Å². The Morgan fingerprint density at radius 3 is 2.38 bits per heavy atom. The second kappa shape index (κ2) is 11.6. The van der Waals surface area contributed by atoms with E-state index < -0.39 is 30.3 Å². The van der Waals surface area contributed by atoms with Crippen LogP contribution in [0.4, 0.5) is 23.8 Å². The third kappa shape index (κ3) is 6.54. The Morgan fingerprint density at radius 1 is 1.05 bits per heavy atom. The second-order valence-corrected chi connectivity index (χ2v) is 10.2. The zero-order chi connectivity index (χ0) is 28.3. The normalized spacial score (nSPS) is 16.7. The van der Waals surface area contributed by atoms with Crippen LogP contribution in [0.5, 0.6) is 5.88 Å². The van der Waals surface area contributed by atoms with Gasteiger partial charge in [0.2, 0.25) is 11.8 Å². The number of pyridine rings is 1. The number of rotatable bonds is 11. The van der Waals surface area contributed by atoms with E-state index >= 15 is 0 Å². The first-order valence-corrected chi connectivity index (χ1v) is 13.1. The molecule has 0 saturated heterocycles. The molecule has 2 aliphatic rings. The van der Waals surface area contributed by atoms with E-state index in [4.69, 9.17) is 9.47 Å². The van der Waals surface area contributed by atoms with Crippen molar-refractivity contribution in [1.82, 2.24) is 19.9 Å². The topological polar surface area (TPSA) is 107 Å². The van der Waals surface area contributed by atoms with Crippen LogP contribution in [0.1, 0.15) is 42.9 Å². The first-order valence-electron chi connectivity index (χ1n) is 13.1. The van der Waals surface area contributed by atoms with Gasteiger partial charge >= 0.3 is 12.3 Å². The highest BCUT2D eigenvalue weighted by molar-refractivity contribution is 5.96. The quantitative estimate of drug-likeness (QED) is 0.340. The summed E-state index contributed by atoms with van der Waals surface area (Å²) in [5.74, 6) is -0.288. The van der Waals surface area contributed by atoms with Gasteiger partial charge in [-0.1, -0.05) is 30.3 Å². The third-order valence-corrected chi connectivity index (χ3v) is 7.24. The minimum Gasteiger partial charge on any atom is -0.481 e. The summed E-state index contributed by atoms with van der Waals surface area (Å²) in [6.45, 7) is 0.0412. The summed E-state index contributed by atoms with van der Waals surface area (Å²) in [6.07, 6.45) is 1.84. The Balaban J connectivity index is 1.33. The van der Waals surface area contributed by atoms with Gasteiger partial charge < -0.3 is 24.7 Å². The molecule has 2 aromatic heterocycles. The molecule has 12 heteroatoms. The molecule has 2 heterocycles. The minimum atomic E-state index is -4.70. The number of carbonyl (C=O) groups excluding carboxylic acids is 2. The van der Waals surface area contributed by atoms with Gasteiger partial charge in [0.1, 0.15) is 12.6 Å². The van der Waals surface area contributed by atoms with E-state index in [0.717, 1.165) is 48.3 Å². The number of benzene rings is 1. The van der Waals surface area contributed by atoms with Gasteiger partial charge in [0.25, 0.3) is 0 Å². The predicted molar refractivity (Wildman–Crippen MR) is 138 cm³/mol. The summed E-state index contributed by atoms with van der Waals surface area (Å²) in [6, 6.07) is 8.77. The third-order valence-electron chi connectivity index (χ3n) is 7.24. The zero-order valence-corrected chi connectivity index (χ0v) is 21.8. The molecule has 2 N–H and O–H groups in total. The van der Waals surface area contributed by atoms with E-state index in [1.165, 1.54) is 25.4 Å². The lowest BCUT2D eigenvalue weighted by Crippen LogP contribution is -2.50. The number of hydrogen-bond donors (Lipinski definition) is 2. The molecule has 0 aliphatic heterocycles. The van der Waals surface area contributed by atoms with Gasteiger partial charge in [-0.05, 0) is 61.1 Å². The van der Waals surface area contributed by atoms with Crippen LogP contribution in [0.2, 0.25) is 0 Å². The molecule has 5 rings (SSSR count). The Hall–Kier alpha value is -4.09. The lowest BCUT2D eigenvalue weighted by atomic mass is 9.89. The van der Waals surface area contributed by atoms with Crippen LogP contribution < -0.4 is 15.4 Å². The predicted octanol–water partition coefficient (Wildman–Crippen LogP) is 5.11. The fourth-order valence-electron chi connectivity index (χ4n) is 5.15. The van der Waals surface area contributed by atoms with Gasteiger partial charge in [-0.25, -0.2) is 14.8 Å². The van der Waals surface area contributed by atoms with Crippen molar-refractivity contribution in [3.8, 4) is 5.88 Å². The van der Waals surface area contributed by atoms with Gasteiger partial charge in [-0.3, -0.25) is 4.79 Å². The summed E-state index contributed by atoms with van der Waals surface area (Å²) in [4.78, 5) is 34.1. The molecular weight excluding hydrogens is 527 g/mol. The second-order valence-electron chi connectivity index (χ2n) is 10.2. The van der Waals surface area contributed by atoms with Crippen molar-refractivity contribution >= 4 is 17.8 Å². The Labute approximate surface area is 229 Å². The molecule has 0 bridgehead atoms. The van der Waals surface area contributed by atoms with Crippen LogP contribution in [0.3, 0.4) is 0 Å². The number of imidazole rings is 1. The van der Waals surface area contributed by atoms with Crippen LogP contribution in [0.25, 0.3) is 0 Å². The maximum absolute atomic E-state index is 14.2. The number of methoxy groups -OCH3 is 1. The molecule has 2 saturated carbocycles. The van der Waals surface area contributed by atoms with E-state index in [-0.39, 0.29) is 29.8 Å². The largest absolute Gasteiger partial charge is 0.481 e. The molecule has 2 atom stereocenters. The van der Waals surface area contributed by atoms with Gasteiger partial charge in [-0.2, -0.15) is 13.2 Å². The van der Waals surface area contributed by atoms with Crippen LogP contribution >= 0.6 is 0 Å². The lowest BCUT2D eigenvalue weighted by Gasteiger charge is -2.27. The molecule has 2 fully saturated rings. The molecule has 212 valence electrons. The monoisotopic (exact) mass is 557 g/mol. The van der Waals surface area contributed by atoms with Crippen LogP contribution in [0, 0.1) is 17.8 Å². The summed E-state index contributed by atoms with van der Waals surface area (Å²) in [5.41, 5.74) is 0.602. The van der Waals surface area contributed by atoms with Crippen molar-refractivity contribution in [2.24, 2.45) is 17.8 Å². The average molecular weight is 558 g/mol. The van der Waals surface area contributed by atoms with Crippen molar-refractivity contribution in [2.75, 3.05) is 12.4 Å². The molecule has 2 unspecified atom stereocenters. The average Bonchev–Trinajstić information content (AvgIpc) is 3.88. The minimum absolute atomic E-state index is 0.0412. The highest BCUT2D eigenvalue weighted by Gasteiger charge is 2.49. The fourth-order valence-corrected chi connectivity index (χ4v) is 5.15. The van der Waals surface area contributed by atoms with Crippen molar-refractivity contribution in [3.05, 3.63) is 72.3 Å². The number of halogens is 3. The highest BCUT2D eigenvalue weighted by Crippen LogP contribution is 2.51. The molecule has 2 amide bonds. The smallest absolute Gasteiger partial charge is 0.413 e. The van der Waals surface area contributed by atoms with E-state index in [1.54, 1.807) is 0 Å². The maximum atomic E-state index is 14.2. The zero-order valence-electron chi connectivity index (χ0n) is 21.8. The van der Waals surface area contributed by atoms with Crippen LogP contribution in [-0.4, -0.2) is 45.9 Å². The van der Waals surface area contributed by atoms with Crippen molar-refractivity contribution in [2.45, 2.75) is 50.6 Å². The summed E-state index contributed by atoms with van der Waals surface area (Å²) in [5, 5.41) is 5.35. The molecular formula is C28H30F3N5O4. The SMILES string of the molecule is COc1ncccc1C(n1cnc(NC(=O)C(NC(=O)OCc2ccccc2)C(C2CC2)C2CC2)c1)C(F)(F)F. The Morgan fingerprint density at radius 2 is 1.75 bits per heavy atom. The lowest BCUT2D eigenvalue weighted by molar-refractivity contribution is -0.157. The summed E-state index contributed by atoms with van der Waals surface area (Å²) < 4.78 is 53.7. The number of nitrogens with zero attached hydrogens (tertiary/aromatic N) is 3. The van der Waals surface area contributed by atoms with E-state index in [9.17, 15) is 22.8 Å². The standard InChI is InChI=1S/C28H30F3N5O4/c1-39-26-20(8-5-13-32-26)24(28(29,30)31)36-14-21(33-16-36)34-25(37)23(22(18-9-10-18)19-11-12-19)35-27(38)40-15-17-6-3-2-4-7-17/h2-8,13-14,16,18-19,22-24H,9-12,15H2,1H3,(H,34,37)(H,35,38). The number of nitrogens with one attached hydrogen (secondary N) is 2. The molecule has 3 aromatic rings. The first kappa shape index (κ1) is 27.5. The van der Waals surface area contributed by atoms with Crippen LogP contribution in [-0.2, 0) is 16.1 Å². The first-order chi connectivity index (χ1) is 19.2.